The Balaban J connectivity index is 0.000000479. The van der Waals surface area contributed by atoms with Crippen LogP contribution in [0.3, 0.4) is 0 Å². The summed E-state index contributed by atoms with van der Waals surface area (Å²) >= 11 is -11.1. The fourth-order valence-electron chi connectivity index (χ4n) is 3.45. The third-order valence-electron chi connectivity index (χ3n) is 4.88. The summed E-state index contributed by atoms with van der Waals surface area (Å²) in [4.78, 5) is 11.8. The second-order valence-electron chi connectivity index (χ2n) is 7.68. The van der Waals surface area contributed by atoms with Gasteiger partial charge in [-0.15, -0.1) is 0 Å². The van der Waals surface area contributed by atoms with Gasteiger partial charge in [0.15, 0.2) is 5.75 Å². The van der Waals surface area contributed by atoms with Gasteiger partial charge >= 0.3 is 40.9 Å². The molecule has 0 unspecified atom stereocenters. The number of hydrogen-bond donors (Lipinski definition) is 0. The van der Waals surface area contributed by atoms with Crippen LogP contribution < -0.4 is 20.4 Å². The van der Waals surface area contributed by atoms with Gasteiger partial charge in [0.25, 0.3) is 7.49 Å². The normalized spacial score (nSPS) is 13.3. The van der Waals surface area contributed by atoms with Crippen LogP contribution in [0.15, 0.2) is 115 Å². The standard InChI is InChI=1S/C26H22O3P.AsF6/c1-28-26(27)21-17-19-22(20-18-21)29-30(23-11-5-2-6-12-23,24-13-7-3-8-14-24)25-15-9-4-10-16-25;2-1(3,4,5,6)7/h2-20H,1H3;/q+1;-1. The molecule has 0 bridgehead atoms. The van der Waals surface area contributed by atoms with Gasteiger partial charge in [-0.3, -0.25) is 0 Å². The molecule has 0 atom stereocenters. The van der Waals surface area contributed by atoms with Gasteiger partial charge in [-0.05, 0) is 60.7 Å². The van der Waals surface area contributed by atoms with Crippen molar-refractivity contribution in [2.75, 3.05) is 7.11 Å². The Kier molecular flexibility index (Phi) is 7.82. The summed E-state index contributed by atoms with van der Waals surface area (Å²) in [6.45, 7) is 0. The average molecular weight is 602 g/mol. The van der Waals surface area contributed by atoms with Gasteiger partial charge in [0, 0.05) is 0 Å². The molecule has 0 saturated carbocycles. The quantitative estimate of drug-likeness (QED) is 0.104. The van der Waals surface area contributed by atoms with E-state index in [0.717, 1.165) is 15.9 Å². The predicted molar refractivity (Wildman–Crippen MR) is 136 cm³/mol. The molecule has 0 spiro atoms. The van der Waals surface area contributed by atoms with Crippen molar-refractivity contribution in [3.8, 4) is 5.75 Å². The van der Waals surface area contributed by atoms with Crippen LogP contribution in [-0.2, 0) is 4.74 Å². The Morgan fingerprint density at radius 1 is 0.595 bits per heavy atom. The molecule has 0 N–H and O–H groups in total. The molecule has 4 aromatic carbocycles. The Hall–Kier alpha value is -3.28. The number of hydrogen-bond acceptors (Lipinski definition) is 3. The molecule has 4 rings (SSSR count). The van der Waals surface area contributed by atoms with E-state index in [4.69, 9.17) is 9.26 Å². The van der Waals surface area contributed by atoms with Crippen molar-refractivity contribution in [3.63, 3.8) is 0 Å². The summed E-state index contributed by atoms with van der Waals surface area (Å²) in [5.74, 6) is 0.337. The van der Waals surface area contributed by atoms with Crippen molar-refractivity contribution in [3.05, 3.63) is 121 Å². The Morgan fingerprint density at radius 2 is 0.919 bits per heavy atom. The zero-order valence-electron chi connectivity index (χ0n) is 19.4. The number of benzene rings is 4. The van der Waals surface area contributed by atoms with E-state index in [1.807, 2.05) is 66.7 Å². The Morgan fingerprint density at radius 3 is 1.22 bits per heavy atom. The van der Waals surface area contributed by atoms with Crippen molar-refractivity contribution < 1.29 is 34.9 Å². The number of rotatable bonds is 6. The van der Waals surface area contributed by atoms with Gasteiger partial charge in [0.1, 0.15) is 15.9 Å². The predicted octanol–water partition coefficient (Wildman–Crippen LogP) is 6.90. The first-order chi connectivity index (χ1) is 17.2. The molecule has 3 nitrogen and oxygen atoms in total. The van der Waals surface area contributed by atoms with Gasteiger partial charge in [-0.25, -0.2) is 4.79 Å². The van der Waals surface area contributed by atoms with Crippen molar-refractivity contribution in [1.29, 1.82) is 0 Å². The van der Waals surface area contributed by atoms with Gasteiger partial charge in [-0.2, -0.15) is 0 Å². The molecule has 0 aliphatic rings. The molecule has 0 amide bonds. The topological polar surface area (TPSA) is 35.5 Å². The fourth-order valence-corrected chi connectivity index (χ4v) is 6.87. The van der Waals surface area contributed by atoms with Crippen LogP contribution in [0.5, 0.6) is 5.75 Å². The first-order valence-electron chi connectivity index (χ1n) is 10.7. The summed E-state index contributed by atoms with van der Waals surface area (Å²) in [7, 11) is -1.06. The Labute approximate surface area is 211 Å². The van der Waals surface area contributed by atoms with Gasteiger partial charge in [0.05, 0.1) is 12.7 Å². The molecule has 0 saturated heterocycles. The van der Waals surface area contributed by atoms with Crippen LogP contribution in [-0.4, -0.2) is 27.3 Å². The fraction of sp³-hybridized carbons (Fsp3) is 0.0385. The summed E-state index contributed by atoms with van der Waals surface area (Å²) in [5.41, 5.74) is 0.493. The number of halogens is 6. The van der Waals surface area contributed by atoms with E-state index in [9.17, 15) is 25.6 Å². The van der Waals surface area contributed by atoms with Gasteiger partial charge in [0.2, 0.25) is 0 Å². The number of carbonyl (C=O) groups is 1. The summed E-state index contributed by atoms with van der Waals surface area (Å²) < 4.78 is 71.1. The first-order valence-corrected chi connectivity index (χ1v) is 16.7. The zero-order valence-corrected chi connectivity index (χ0v) is 22.1. The van der Waals surface area contributed by atoms with E-state index in [1.165, 1.54) is 7.11 Å². The Bertz CT molecular complexity index is 1210. The maximum absolute atomic E-state index is 11.8. The molecule has 11 heteroatoms. The average Bonchev–Trinajstić information content (AvgIpc) is 2.87. The van der Waals surface area contributed by atoms with Crippen LogP contribution in [0.2, 0.25) is 0 Å². The monoisotopic (exact) mass is 602 g/mol. The molecule has 0 radical (unpaired) electrons. The molecule has 0 aromatic heterocycles. The van der Waals surface area contributed by atoms with Crippen LogP contribution in [0.25, 0.3) is 0 Å². The summed E-state index contributed by atoms with van der Waals surface area (Å²) in [6, 6.07) is 38.1. The number of carbonyl (C=O) groups excluding carboxylic acids is 1. The van der Waals surface area contributed by atoms with Crippen LogP contribution in [0.1, 0.15) is 10.4 Å². The first kappa shape index (κ1) is 28.3. The molecular formula is C26H22AsF6O3P. The molecule has 0 aliphatic heterocycles. The van der Waals surface area contributed by atoms with Crippen LogP contribution >= 0.6 is 7.49 Å². The second kappa shape index (κ2) is 10.2. The SMILES string of the molecule is COC(=O)c1ccc(O[P+](c2ccccc2)(c2ccccc2)c2ccccc2)cc1.F[As-](F)(F)(F)(F)F. The molecule has 196 valence electrons. The second-order valence-corrected chi connectivity index (χ2v) is 14.7. The third kappa shape index (κ3) is 8.66. The maximum atomic E-state index is 11.8. The molecule has 0 aliphatic carbocycles. The summed E-state index contributed by atoms with van der Waals surface area (Å²) in [6.07, 6.45) is 0. The van der Waals surface area contributed by atoms with E-state index in [2.05, 4.69) is 36.4 Å². The molecule has 0 heterocycles. The van der Waals surface area contributed by atoms with Crippen molar-refractivity contribution >= 4 is 43.5 Å². The van der Waals surface area contributed by atoms with Gasteiger partial charge < -0.3 is 9.26 Å². The number of ether oxygens (including phenoxy) is 1. The minimum absolute atomic E-state index is 0.364. The van der Waals surface area contributed by atoms with E-state index >= 15 is 0 Å². The number of methoxy groups -OCH3 is 1. The van der Waals surface area contributed by atoms with Crippen LogP contribution in [0.4, 0.5) is 20.8 Å². The third-order valence-corrected chi connectivity index (χ3v) is 8.44. The van der Waals surface area contributed by atoms with Crippen molar-refractivity contribution in [2.45, 2.75) is 0 Å². The minimum atomic E-state index is -11.1. The zero-order chi connectivity index (χ0) is 27.2. The molecule has 0 fully saturated rings. The van der Waals surface area contributed by atoms with E-state index in [-0.39, 0.29) is 5.97 Å². The number of esters is 1. The van der Waals surface area contributed by atoms with E-state index in [0.29, 0.717) is 11.3 Å². The summed E-state index contributed by atoms with van der Waals surface area (Å²) in [5, 5.41) is 3.37. The van der Waals surface area contributed by atoms with E-state index < -0.39 is 21.7 Å². The van der Waals surface area contributed by atoms with Crippen molar-refractivity contribution in [1.82, 2.24) is 0 Å². The van der Waals surface area contributed by atoms with E-state index in [1.54, 1.807) is 12.1 Å². The molecule has 4 aromatic rings. The van der Waals surface area contributed by atoms with Crippen LogP contribution in [0, 0.1) is 0 Å². The van der Waals surface area contributed by atoms with Crippen molar-refractivity contribution in [2.24, 2.45) is 0 Å². The molecule has 37 heavy (non-hydrogen) atoms. The molecular weight excluding hydrogens is 580 g/mol. The van der Waals surface area contributed by atoms with Gasteiger partial charge in [-0.1, -0.05) is 54.6 Å².